The fraction of sp³-hybridized carbons (Fsp3) is 0. The number of phenols is 1. The van der Waals surface area contributed by atoms with Crippen LogP contribution in [-0.2, 0) is 20.2 Å². The van der Waals surface area contributed by atoms with Crippen LogP contribution in [0.25, 0.3) is 10.8 Å². The summed E-state index contributed by atoms with van der Waals surface area (Å²) in [6.07, 6.45) is 0. The second-order valence-electron chi connectivity index (χ2n) is 5.67. The third-order valence-corrected chi connectivity index (χ3v) is 5.52. The molecule has 12 heteroatoms. The maximum absolute atomic E-state index is 11.7. The smallest absolute Gasteiger partial charge is 0.296 e. The Morgan fingerprint density at radius 2 is 1.46 bits per heavy atom. The van der Waals surface area contributed by atoms with E-state index >= 15 is 0 Å². The normalized spacial score (nSPS) is 12.6. The number of benzene rings is 3. The molecule has 10 nitrogen and oxygen atoms in total. The topological polar surface area (TPSA) is 180 Å². The summed E-state index contributed by atoms with van der Waals surface area (Å²) in [6, 6.07) is 10.6. The first kappa shape index (κ1) is 19.7. The van der Waals surface area contributed by atoms with E-state index < -0.39 is 47.2 Å². The lowest BCUT2D eigenvalue weighted by Crippen LogP contribution is -2.00. The van der Waals surface area contributed by atoms with E-state index in [-0.39, 0.29) is 11.1 Å². The van der Waals surface area contributed by atoms with Crippen LogP contribution in [0, 0.1) is 0 Å². The molecular formula is C16H13N3O7S2. The second kappa shape index (κ2) is 6.83. The van der Waals surface area contributed by atoms with Crippen LogP contribution < -0.4 is 5.73 Å². The van der Waals surface area contributed by atoms with E-state index in [0.29, 0.717) is 5.39 Å². The quantitative estimate of drug-likeness (QED) is 0.281. The Morgan fingerprint density at radius 1 is 0.821 bits per heavy atom. The highest BCUT2D eigenvalue weighted by Gasteiger charge is 2.22. The number of aromatic hydroxyl groups is 1. The van der Waals surface area contributed by atoms with Gasteiger partial charge in [-0.15, -0.1) is 10.2 Å². The summed E-state index contributed by atoms with van der Waals surface area (Å²) in [6.45, 7) is 0. The van der Waals surface area contributed by atoms with Crippen molar-refractivity contribution >= 4 is 48.1 Å². The van der Waals surface area contributed by atoms with Gasteiger partial charge in [-0.2, -0.15) is 16.8 Å². The molecule has 0 aliphatic rings. The molecule has 0 saturated carbocycles. The molecule has 0 aliphatic carbocycles. The van der Waals surface area contributed by atoms with Crippen molar-refractivity contribution in [1.82, 2.24) is 0 Å². The highest BCUT2D eigenvalue weighted by atomic mass is 32.2. The predicted octanol–water partition coefficient (Wildman–Crippen LogP) is 3.04. The molecule has 0 saturated heterocycles. The van der Waals surface area contributed by atoms with Gasteiger partial charge in [0.15, 0.2) is 5.75 Å². The van der Waals surface area contributed by atoms with Crippen molar-refractivity contribution in [2.45, 2.75) is 9.79 Å². The Kier molecular flexibility index (Phi) is 4.81. The van der Waals surface area contributed by atoms with Crippen molar-refractivity contribution in [2.24, 2.45) is 10.2 Å². The van der Waals surface area contributed by atoms with Gasteiger partial charge in [-0.3, -0.25) is 9.11 Å². The third-order valence-electron chi connectivity index (χ3n) is 3.76. The lowest BCUT2D eigenvalue weighted by Gasteiger charge is -2.09. The SMILES string of the molecule is Nc1ccc(S(=O)(=O)O)c(N=Nc2c(S(=O)(=O)O)cc3ccccc3c2O)c1. The van der Waals surface area contributed by atoms with Crippen molar-refractivity contribution < 1.29 is 31.0 Å². The summed E-state index contributed by atoms with van der Waals surface area (Å²) in [7, 11) is -9.48. The largest absolute Gasteiger partial charge is 0.505 e. The average Bonchev–Trinajstić information content (AvgIpc) is 2.59. The minimum Gasteiger partial charge on any atom is -0.505 e. The molecule has 0 amide bonds. The van der Waals surface area contributed by atoms with Gasteiger partial charge >= 0.3 is 0 Å². The zero-order chi connectivity index (χ0) is 20.7. The van der Waals surface area contributed by atoms with Gasteiger partial charge in [0, 0.05) is 11.1 Å². The van der Waals surface area contributed by atoms with Crippen LogP contribution in [0.4, 0.5) is 17.1 Å². The monoisotopic (exact) mass is 423 g/mol. The van der Waals surface area contributed by atoms with Crippen LogP contribution in [-0.4, -0.2) is 31.0 Å². The molecule has 0 radical (unpaired) electrons. The molecule has 3 rings (SSSR count). The van der Waals surface area contributed by atoms with Gasteiger partial charge in [-0.05, 0) is 29.7 Å². The standard InChI is InChI=1S/C16H13N3O7S2/c17-10-5-6-13(27(21,22)23)12(8-10)18-19-15-14(28(24,25)26)7-9-3-1-2-4-11(9)16(15)20/h1-8,20H,17H2,(H,21,22,23)(H,24,25,26). The summed E-state index contributed by atoms with van der Waals surface area (Å²) in [5.41, 5.74) is 4.68. The Morgan fingerprint density at radius 3 is 2.11 bits per heavy atom. The number of fused-ring (bicyclic) bond motifs is 1. The fourth-order valence-electron chi connectivity index (χ4n) is 2.52. The molecule has 146 valence electrons. The Balaban J connectivity index is 2.29. The van der Waals surface area contributed by atoms with Crippen LogP contribution in [0.1, 0.15) is 0 Å². The number of nitrogen functional groups attached to an aromatic ring is 1. The first-order chi connectivity index (χ1) is 13.0. The summed E-state index contributed by atoms with van der Waals surface area (Å²) >= 11 is 0. The molecular weight excluding hydrogens is 410 g/mol. The Bertz CT molecular complexity index is 1330. The van der Waals surface area contributed by atoms with Gasteiger partial charge < -0.3 is 10.8 Å². The molecule has 0 atom stereocenters. The highest BCUT2D eigenvalue weighted by molar-refractivity contribution is 7.86. The molecule has 5 N–H and O–H groups in total. The molecule has 0 fully saturated rings. The maximum atomic E-state index is 11.7. The van der Waals surface area contributed by atoms with Gasteiger partial charge in [0.05, 0.1) is 0 Å². The van der Waals surface area contributed by atoms with Crippen molar-refractivity contribution in [1.29, 1.82) is 0 Å². The van der Waals surface area contributed by atoms with Gasteiger partial charge in [-0.1, -0.05) is 24.3 Å². The van der Waals surface area contributed by atoms with Crippen LogP contribution in [0.2, 0.25) is 0 Å². The van der Waals surface area contributed by atoms with Gasteiger partial charge in [0.2, 0.25) is 0 Å². The number of azo groups is 1. The lowest BCUT2D eigenvalue weighted by molar-refractivity contribution is 0.472. The molecule has 0 spiro atoms. The lowest BCUT2D eigenvalue weighted by atomic mass is 10.1. The summed E-state index contributed by atoms with van der Waals surface area (Å²) in [5, 5.41) is 18.2. The highest BCUT2D eigenvalue weighted by Crippen LogP contribution is 2.41. The Hall–Kier alpha value is -3.06. The number of hydrogen-bond donors (Lipinski definition) is 4. The number of phenolic OH excluding ortho intramolecular Hbond substituents is 1. The van der Waals surface area contributed by atoms with E-state index in [0.717, 1.165) is 18.2 Å². The van der Waals surface area contributed by atoms with Gasteiger partial charge in [0.25, 0.3) is 20.2 Å². The molecule has 0 bridgehead atoms. The molecule has 0 unspecified atom stereocenters. The molecule has 3 aromatic carbocycles. The van der Waals surface area contributed by atoms with E-state index in [1.807, 2.05) is 0 Å². The number of nitrogens with zero attached hydrogens (tertiary/aromatic N) is 2. The van der Waals surface area contributed by atoms with Crippen LogP contribution in [0.15, 0.2) is 68.6 Å². The fourth-order valence-corrected chi connectivity index (χ4v) is 3.78. The Labute approximate surface area is 159 Å². The van der Waals surface area contributed by atoms with Crippen LogP contribution >= 0.6 is 0 Å². The number of nitrogens with two attached hydrogens (primary N) is 1. The molecule has 0 aromatic heterocycles. The van der Waals surface area contributed by atoms with E-state index in [1.165, 1.54) is 18.2 Å². The first-order valence-corrected chi connectivity index (χ1v) is 10.4. The van der Waals surface area contributed by atoms with Gasteiger partial charge in [0.1, 0.15) is 21.2 Å². The molecule has 3 aromatic rings. The zero-order valence-electron chi connectivity index (χ0n) is 13.9. The van der Waals surface area contributed by atoms with Gasteiger partial charge in [-0.25, -0.2) is 0 Å². The second-order valence-corrected chi connectivity index (χ2v) is 8.45. The number of rotatable bonds is 4. The van der Waals surface area contributed by atoms with E-state index in [2.05, 4.69) is 10.2 Å². The predicted molar refractivity (Wildman–Crippen MR) is 100 cm³/mol. The van der Waals surface area contributed by atoms with Crippen molar-refractivity contribution in [3.8, 4) is 5.75 Å². The minimum absolute atomic E-state index is 0.0964. The van der Waals surface area contributed by atoms with Crippen molar-refractivity contribution in [3.63, 3.8) is 0 Å². The summed E-state index contributed by atoms with van der Waals surface area (Å²) in [4.78, 5) is -1.36. The number of anilines is 1. The van der Waals surface area contributed by atoms with E-state index in [4.69, 9.17) is 5.73 Å². The minimum atomic E-state index is -4.80. The summed E-state index contributed by atoms with van der Waals surface area (Å²) in [5.74, 6) is -0.591. The zero-order valence-corrected chi connectivity index (χ0v) is 15.5. The average molecular weight is 423 g/mol. The molecule has 28 heavy (non-hydrogen) atoms. The summed E-state index contributed by atoms with van der Waals surface area (Å²) < 4.78 is 65.2. The number of hydrogen-bond acceptors (Lipinski definition) is 8. The van der Waals surface area contributed by atoms with E-state index in [9.17, 15) is 31.0 Å². The van der Waals surface area contributed by atoms with Crippen LogP contribution in [0.3, 0.4) is 0 Å². The molecule has 0 heterocycles. The first-order valence-electron chi connectivity index (χ1n) is 7.49. The maximum Gasteiger partial charge on any atom is 0.296 e. The molecule has 0 aliphatic heterocycles. The third kappa shape index (κ3) is 3.80. The van der Waals surface area contributed by atoms with Crippen molar-refractivity contribution in [3.05, 3.63) is 48.5 Å². The van der Waals surface area contributed by atoms with Crippen molar-refractivity contribution in [2.75, 3.05) is 5.73 Å². The van der Waals surface area contributed by atoms with E-state index in [1.54, 1.807) is 12.1 Å². The van der Waals surface area contributed by atoms with Crippen LogP contribution in [0.5, 0.6) is 5.75 Å².